The van der Waals surface area contributed by atoms with Gasteiger partial charge in [-0.1, -0.05) is 6.07 Å². The van der Waals surface area contributed by atoms with Gasteiger partial charge in [0.25, 0.3) is 29.2 Å². The van der Waals surface area contributed by atoms with Crippen molar-refractivity contribution in [2.24, 2.45) is 7.05 Å². The molecule has 1 saturated heterocycles. The molecule has 2 aromatic carbocycles. The van der Waals surface area contributed by atoms with Crippen LogP contribution in [0.25, 0.3) is 22.0 Å². The largest absolute Gasteiger partial charge is 0.475 e. The van der Waals surface area contributed by atoms with Crippen molar-refractivity contribution in [2.75, 3.05) is 69.7 Å². The summed E-state index contributed by atoms with van der Waals surface area (Å²) in [4.78, 5) is 108. The van der Waals surface area contributed by atoms with Crippen molar-refractivity contribution < 1.29 is 60.9 Å². The zero-order valence-corrected chi connectivity index (χ0v) is 37.0. The van der Waals surface area contributed by atoms with E-state index in [4.69, 9.17) is 18.9 Å². The minimum Gasteiger partial charge on any atom is -0.475 e. The molecule has 0 bridgehead atoms. The predicted molar refractivity (Wildman–Crippen MR) is 231 cm³/mol. The molecule has 4 aromatic rings. The fraction of sp³-hybridized carbons (Fsp3) is 0.395. The number of piperidine rings is 1. The lowest BCUT2D eigenvalue weighted by molar-refractivity contribution is -0.136. The van der Waals surface area contributed by atoms with Gasteiger partial charge in [0.2, 0.25) is 17.7 Å². The zero-order valence-electron chi connectivity index (χ0n) is 36.2. The van der Waals surface area contributed by atoms with E-state index in [1.807, 2.05) is 0 Å². The minimum atomic E-state index is -3.76. The maximum Gasteiger partial charge on any atom is 0.270 e. The third-order valence-electron chi connectivity index (χ3n) is 11.0. The number of aromatic amines is 1. The van der Waals surface area contributed by atoms with Crippen molar-refractivity contribution in [1.29, 1.82) is 0 Å². The Labute approximate surface area is 371 Å². The van der Waals surface area contributed by atoms with Gasteiger partial charge in [-0.25, -0.2) is 8.42 Å². The van der Waals surface area contributed by atoms with Crippen LogP contribution >= 0.6 is 0 Å². The number of carbonyl (C=O) groups is 7. The normalized spacial score (nSPS) is 16.9. The summed E-state index contributed by atoms with van der Waals surface area (Å²) < 4.78 is 49.6. The number of H-pyrrole nitrogens is 1. The Kier molecular flexibility index (Phi) is 13.1. The Bertz CT molecular complexity index is 2830. The summed E-state index contributed by atoms with van der Waals surface area (Å²) in [6, 6.07) is 7.48. The van der Waals surface area contributed by atoms with Crippen LogP contribution < -0.4 is 31.1 Å². The number of nitrogens with one attached hydrogen (secondary N) is 4. The SMILES string of the molecule is CN1C(=O)C(C)(C)Oc2c(-c3cn(C)c(=O)c4cc(C(=O)NCCOCCOCCOCCC(=O)Nc5cccc6c5C(=O)N(C5CCC(=O)NC5=O)C6=O)[nH]c34)cc(S(C)(=O)=O)cc21. The first-order chi connectivity index (χ1) is 30.8. The van der Waals surface area contributed by atoms with Crippen molar-refractivity contribution in [3.63, 3.8) is 0 Å². The minimum absolute atomic E-state index is 0.00789. The second-order valence-corrected chi connectivity index (χ2v) is 18.1. The molecule has 0 saturated carbocycles. The lowest BCUT2D eigenvalue weighted by atomic mass is 9.98. The first-order valence-electron chi connectivity index (χ1n) is 20.5. The number of amides is 7. The first-order valence-corrected chi connectivity index (χ1v) is 22.4. The number of aryl methyl sites for hydroxylation is 1. The van der Waals surface area contributed by atoms with Crippen LogP contribution in [0.3, 0.4) is 0 Å². The molecule has 7 rings (SSSR count). The fourth-order valence-corrected chi connectivity index (χ4v) is 8.37. The van der Waals surface area contributed by atoms with Gasteiger partial charge in [-0.05, 0) is 50.6 Å². The van der Waals surface area contributed by atoms with Crippen molar-refractivity contribution >= 4 is 73.5 Å². The number of imide groups is 2. The topological polar surface area (TPSA) is 271 Å². The molecular formula is C43H47N7O14S. The van der Waals surface area contributed by atoms with Crippen molar-refractivity contribution in [3.8, 4) is 16.9 Å². The van der Waals surface area contributed by atoms with Gasteiger partial charge in [-0.3, -0.25) is 48.6 Å². The van der Waals surface area contributed by atoms with Gasteiger partial charge in [0, 0.05) is 50.6 Å². The Morgan fingerprint density at radius 2 is 1.58 bits per heavy atom. The molecule has 0 aliphatic carbocycles. The lowest BCUT2D eigenvalue weighted by Gasteiger charge is -2.38. The number of rotatable bonds is 17. The number of hydrogen-bond donors (Lipinski definition) is 4. The quantitative estimate of drug-likeness (QED) is 0.0859. The van der Waals surface area contributed by atoms with E-state index in [0.29, 0.717) is 11.1 Å². The number of pyridine rings is 1. The van der Waals surface area contributed by atoms with Crippen LogP contribution in [0.1, 0.15) is 64.3 Å². The van der Waals surface area contributed by atoms with E-state index < -0.39 is 62.5 Å². The number of benzene rings is 2. The number of nitrogens with zero attached hydrogens (tertiary/aromatic N) is 3. The Hall–Kier alpha value is -6.75. The van der Waals surface area contributed by atoms with E-state index in [0.717, 1.165) is 11.2 Å². The highest BCUT2D eigenvalue weighted by Crippen LogP contribution is 2.47. The zero-order chi connectivity index (χ0) is 47.0. The molecule has 7 amide bonds. The van der Waals surface area contributed by atoms with Gasteiger partial charge in [-0.15, -0.1) is 0 Å². The molecule has 1 atom stereocenters. The summed E-state index contributed by atoms with van der Waals surface area (Å²) in [5.41, 5.74) is -0.335. The van der Waals surface area contributed by atoms with Crippen LogP contribution in [-0.2, 0) is 50.3 Å². The second-order valence-electron chi connectivity index (χ2n) is 16.1. The smallest absolute Gasteiger partial charge is 0.270 e. The van der Waals surface area contributed by atoms with E-state index in [1.54, 1.807) is 13.8 Å². The highest BCUT2D eigenvalue weighted by atomic mass is 32.2. The summed E-state index contributed by atoms with van der Waals surface area (Å²) in [5.74, 6) is -3.78. The van der Waals surface area contributed by atoms with Crippen molar-refractivity contribution in [2.45, 2.75) is 49.6 Å². The molecule has 0 radical (unpaired) electrons. The number of anilines is 2. The predicted octanol–water partition coefficient (Wildman–Crippen LogP) is 1.28. The maximum absolute atomic E-state index is 13.3. The first kappa shape index (κ1) is 46.2. The summed E-state index contributed by atoms with van der Waals surface area (Å²) in [6.07, 6.45) is 2.48. The Morgan fingerprint density at radius 3 is 2.28 bits per heavy atom. The number of fused-ring (bicyclic) bond motifs is 3. The highest BCUT2D eigenvalue weighted by molar-refractivity contribution is 7.90. The van der Waals surface area contributed by atoms with Crippen LogP contribution in [0, 0.1) is 0 Å². The van der Waals surface area contributed by atoms with Crippen molar-refractivity contribution in [1.82, 2.24) is 25.1 Å². The average molecular weight is 918 g/mol. The number of carbonyl (C=O) groups excluding carboxylic acids is 7. The van der Waals surface area contributed by atoms with Gasteiger partial charge in [-0.2, -0.15) is 0 Å². The molecule has 344 valence electrons. The molecule has 0 spiro atoms. The number of aromatic nitrogens is 2. The van der Waals surface area contributed by atoms with Gasteiger partial charge < -0.3 is 44.0 Å². The standard InChI is InChI=1S/C43H47N7O14S/c1-43(2)42(58)49(4)31-20-23(65(5,59)60)19-25(36(31)64-43)27-22-48(3)39(55)26-21-29(46-35(26)27)37(53)44-12-14-62-16-18-63-17-15-61-13-11-33(52)45-28-8-6-7-24-34(28)41(57)50(40(24)56)30-9-10-32(51)47-38(30)54/h6-8,19-22,30,46H,9-18H2,1-5H3,(H,44,53)(H,45,52)(H,47,51,54). The number of hydrogen-bond acceptors (Lipinski definition) is 14. The van der Waals surface area contributed by atoms with Crippen LogP contribution in [0.5, 0.6) is 5.75 Å². The van der Waals surface area contributed by atoms with Crippen LogP contribution in [0.15, 0.2) is 52.3 Å². The fourth-order valence-electron chi connectivity index (χ4n) is 7.71. The third kappa shape index (κ3) is 9.41. The molecule has 22 heteroatoms. The molecule has 1 fully saturated rings. The monoisotopic (exact) mass is 917 g/mol. The molecule has 5 heterocycles. The highest BCUT2D eigenvalue weighted by Gasteiger charge is 2.46. The maximum atomic E-state index is 13.3. The molecule has 21 nitrogen and oxygen atoms in total. The molecule has 65 heavy (non-hydrogen) atoms. The summed E-state index contributed by atoms with van der Waals surface area (Å²) >= 11 is 0. The van der Waals surface area contributed by atoms with Crippen LogP contribution in [-0.4, -0.2) is 135 Å². The molecular weight excluding hydrogens is 871 g/mol. The lowest BCUT2D eigenvalue weighted by Crippen LogP contribution is -2.54. The number of ether oxygens (including phenoxy) is 4. The van der Waals surface area contributed by atoms with Gasteiger partial charge >= 0.3 is 0 Å². The summed E-state index contributed by atoms with van der Waals surface area (Å²) in [6.45, 7) is 4.25. The van der Waals surface area contributed by atoms with E-state index in [9.17, 15) is 46.8 Å². The van der Waals surface area contributed by atoms with E-state index in [-0.39, 0.29) is 121 Å². The third-order valence-corrected chi connectivity index (χ3v) is 12.1. The molecule has 3 aliphatic heterocycles. The van der Waals surface area contributed by atoms with Crippen LogP contribution in [0.2, 0.25) is 0 Å². The number of likely N-dealkylation sites (N-methyl/N-ethyl adjacent to an activating group) is 1. The van der Waals surface area contributed by atoms with E-state index in [2.05, 4.69) is 20.9 Å². The second kappa shape index (κ2) is 18.4. The van der Waals surface area contributed by atoms with E-state index in [1.165, 1.54) is 66.2 Å². The molecule has 1 unspecified atom stereocenters. The Balaban J connectivity index is 0.842. The average Bonchev–Trinajstić information content (AvgIpc) is 3.81. The van der Waals surface area contributed by atoms with Gasteiger partial charge in [0.15, 0.2) is 21.2 Å². The van der Waals surface area contributed by atoms with Gasteiger partial charge in [0.1, 0.15) is 11.7 Å². The summed E-state index contributed by atoms with van der Waals surface area (Å²) in [7, 11) is -0.713. The Morgan fingerprint density at radius 1 is 0.892 bits per heavy atom. The van der Waals surface area contributed by atoms with Crippen LogP contribution in [0.4, 0.5) is 11.4 Å². The van der Waals surface area contributed by atoms with Crippen molar-refractivity contribution in [3.05, 3.63) is 69.8 Å². The molecule has 4 N–H and O–H groups in total. The summed E-state index contributed by atoms with van der Waals surface area (Å²) in [5, 5.41) is 7.68. The number of sulfone groups is 1. The van der Waals surface area contributed by atoms with E-state index >= 15 is 0 Å². The molecule has 2 aromatic heterocycles. The molecule has 3 aliphatic rings. The van der Waals surface area contributed by atoms with Gasteiger partial charge in [0.05, 0.1) is 84.4 Å².